The molecule has 6 heteroatoms. The number of nitrogens with one attached hydrogen (secondary N) is 1. The molecule has 0 saturated heterocycles. The lowest BCUT2D eigenvalue weighted by molar-refractivity contribution is -0.120. The molecule has 0 aliphatic carbocycles. The average molecular weight is 242 g/mol. The summed E-state index contributed by atoms with van der Waals surface area (Å²) in [5, 5.41) is 0. The molecule has 0 aliphatic heterocycles. The molecule has 88 valence electrons. The minimum absolute atomic E-state index is 0.132. The predicted octanol–water partition coefficient (Wildman–Crippen LogP) is 0.149. The maximum atomic E-state index is 11.7. The number of hydrogen-bond acceptors (Lipinski definition) is 4. The van der Waals surface area contributed by atoms with Crippen molar-refractivity contribution in [2.24, 2.45) is 5.84 Å². The van der Waals surface area contributed by atoms with E-state index in [0.29, 0.717) is 0 Å². The number of sulfone groups is 1. The molecular formula is C10H14N2O3S. The summed E-state index contributed by atoms with van der Waals surface area (Å²) in [5.41, 5.74) is 2.88. The number of hydrogen-bond donors (Lipinski definition) is 2. The summed E-state index contributed by atoms with van der Waals surface area (Å²) < 4.78 is 23.5. The normalized spacial score (nSPS) is 11.1. The molecule has 0 bridgehead atoms. The second-order valence-electron chi connectivity index (χ2n) is 3.45. The highest BCUT2D eigenvalue weighted by Gasteiger charge is 2.15. The summed E-state index contributed by atoms with van der Waals surface area (Å²) in [5.74, 6) is 4.14. The van der Waals surface area contributed by atoms with E-state index in [1.807, 2.05) is 12.3 Å². The van der Waals surface area contributed by atoms with Crippen LogP contribution in [0.5, 0.6) is 0 Å². The third kappa shape index (κ3) is 3.32. The van der Waals surface area contributed by atoms with Gasteiger partial charge < -0.3 is 0 Å². The number of nitrogens with two attached hydrogens (primary N) is 1. The number of carbonyl (C=O) groups is 1. The topological polar surface area (TPSA) is 89.3 Å². The first kappa shape index (κ1) is 12.7. The van der Waals surface area contributed by atoms with Crippen molar-refractivity contribution >= 4 is 15.7 Å². The Labute approximate surface area is 94.5 Å². The Balaban J connectivity index is 2.78. The van der Waals surface area contributed by atoms with Gasteiger partial charge in [-0.3, -0.25) is 10.2 Å². The van der Waals surface area contributed by atoms with E-state index in [1.54, 1.807) is 12.1 Å². The Hall–Kier alpha value is -1.40. The van der Waals surface area contributed by atoms with Crippen molar-refractivity contribution in [1.29, 1.82) is 0 Å². The Kier molecular flexibility index (Phi) is 4.03. The van der Waals surface area contributed by atoms with Crippen LogP contribution in [0.25, 0.3) is 0 Å². The largest absolute Gasteiger partial charge is 0.294 e. The number of hydrazine groups is 1. The summed E-state index contributed by atoms with van der Waals surface area (Å²) in [7, 11) is -3.40. The third-order valence-corrected chi connectivity index (χ3v) is 3.87. The van der Waals surface area contributed by atoms with Crippen LogP contribution in [0.2, 0.25) is 0 Å². The quantitative estimate of drug-likeness (QED) is 0.447. The molecular weight excluding hydrogens is 228 g/mol. The molecule has 0 radical (unpaired) electrons. The van der Waals surface area contributed by atoms with Gasteiger partial charge in [0.1, 0.15) is 0 Å². The smallest absolute Gasteiger partial charge is 0.234 e. The van der Waals surface area contributed by atoms with Crippen LogP contribution in [-0.2, 0) is 14.6 Å². The molecule has 0 spiro atoms. The van der Waals surface area contributed by atoms with Gasteiger partial charge in [-0.05, 0) is 19.1 Å². The van der Waals surface area contributed by atoms with Gasteiger partial charge in [0.05, 0.1) is 10.6 Å². The van der Waals surface area contributed by atoms with Gasteiger partial charge >= 0.3 is 0 Å². The molecule has 1 aromatic rings. The first-order valence-corrected chi connectivity index (χ1v) is 6.40. The third-order valence-electron chi connectivity index (χ3n) is 2.14. The maximum absolute atomic E-state index is 11.7. The van der Waals surface area contributed by atoms with E-state index in [9.17, 15) is 13.2 Å². The highest BCUT2D eigenvalue weighted by Crippen LogP contribution is 2.12. The van der Waals surface area contributed by atoms with Gasteiger partial charge in [-0.25, -0.2) is 14.3 Å². The molecule has 3 N–H and O–H groups in total. The van der Waals surface area contributed by atoms with Crippen LogP contribution in [0, 0.1) is 6.92 Å². The molecule has 0 saturated carbocycles. The zero-order valence-electron chi connectivity index (χ0n) is 8.93. The SMILES string of the molecule is Cc1ccc(S(=O)(=O)CCC(=O)NN)cc1. The first-order valence-electron chi connectivity index (χ1n) is 4.74. The van der Waals surface area contributed by atoms with Crippen molar-refractivity contribution in [2.45, 2.75) is 18.2 Å². The molecule has 0 heterocycles. The van der Waals surface area contributed by atoms with Crippen molar-refractivity contribution < 1.29 is 13.2 Å². The highest BCUT2D eigenvalue weighted by molar-refractivity contribution is 7.91. The molecule has 0 unspecified atom stereocenters. The van der Waals surface area contributed by atoms with Gasteiger partial charge in [-0.15, -0.1) is 0 Å². The average Bonchev–Trinajstić information content (AvgIpc) is 2.26. The van der Waals surface area contributed by atoms with E-state index in [1.165, 1.54) is 12.1 Å². The summed E-state index contributed by atoms with van der Waals surface area (Å²) >= 11 is 0. The van der Waals surface area contributed by atoms with E-state index < -0.39 is 15.7 Å². The van der Waals surface area contributed by atoms with Crippen LogP contribution in [0.1, 0.15) is 12.0 Å². The van der Waals surface area contributed by atoms with Gasteiger partial charge in [0.2, 0.25) is 5.91 Å². The van der Waals surface area contributed by atoms with Crippen LogP contribution in [-0.4, -0.2) is 20.1 Å². The number of aryl methyl sites for hydroxylation is 1. The fourth-order valence-corrected chi connectivity index (χ4v) is 2.40. The van der Waals surface area contributed by atoms with E-state index in [4.69, 9.17) is 5.84 Å². The molecule has 0 atom stereocenters. The second kappa shape index (κ2) is 5.09. The van der Waals surface area contributed by atoms with Crippen molar-refractivity contribution in [2.75, 3.05) is 5.75 Å². The Morgan fingerprint density at radius 2 is 1.88 bits per heavy atom. The number of benzene rings is 1. The fraction of sp³-hybridized carbons (Fsp3) is 0.300. The van der Waals surface area contributed by atoms with Crippen molar-refractivity contribution in [3.8, 4) is 0 Å². The lowest BCUT2D eigenvalue weighted by atomic mass is 10.2. The standard InChI is InChI=1S/C10H14N2O3S/c1-8-2-4-9(5-3-8)16(14,15)7-6-10(13)12-11/h2-5H,6-7,11H2,1H3,(H,12,13). The maximum Gasteiger partial charge on any atom is 0.234 e. The van der Waals surface area contributed by atoms with Crippen molar-refractivity contribution in [3.63, 3.8) is 0 Å². The van der Waals surface area contributed by atoms with Crippen LogP contribution >= 0.6 is 0 Å². The Morgan fingerprint density at radius 1 is 1.31 bits per heavy atom. The van der Waals surface area contributed by atoms with Gasteiger partial charge in [-0.2, -0.15) is 0 Å². The Morgan fingerprint density at radius 3 is 2.38 bits per heavy atom. The molecule has 0 aromatic heterocycles. The van der Waals surface area contributed by atoms with E-state index in [0.717, 1.165) is 5.56 Å². The zero-order chi connectivity index (χ0) is 12.2. The van der Waals surface area contributed by atoms with Gasteiger partial charge in [0.25, 0.3) is 0 Å². The molecule has 0 aliphatic rings. The van der Waals surface area contributed by atoms with Gasteiger partial charge in [0, 0.05) is 6.42 Å². The van der Waals surface area contributed by atoms with E-state index in [-0.39, 0.29) is 17.1 Å². The molecule has 16 heavy (non-hydrogen) atoms. The molecule has 0 fully saturated rings. The second-order valence-corrected chi connectivity index (χ2v) is 5.56. The first-order chi connectivity index (χ1) is 7.45. The van der Waals surface area contributed by atoms with Crippen LogP contribution in [0.15, 0.2) is 29.2 Å². The number of carbonyl (C=O) groups excluding carboxylic acids is 1. The van der Waals surface area contributed by atoms with Crippen LogP contribution < -0.4 is 11.3 Å². The molecule has 1 rings (SSSR count). The predicted molar refractivity (Wildman–Crippen MR) is 60.2 cm³/mol. The molecule has 1 amide bonds. The van der Waals surface area contributed by atoms with E-state index in [2.05, 4.69) is 0 Å². The van der Waals surface area contributed by atoms with Crippen molar-refractivity contribution in [1.82, 2.24) is 5.43 Å². The molecule has 1 aromatic carbocycles. The summed E-state index contributed by atoms with van der Waals surface area (Å²) in [4.78, 5) is 11.1. The zero-order valence-corrected chi connectivity index (χ0v) is 9.75. The summed E-state index contributed by atoms with van der Waals surface area (Å²) in [6.45, 7) is 1.87. The highest BCUT2D eigenvalue weighted by atomic mass is 32.2. The lowest BCUT2D eigenvalue weighted by Gasteiger charge is -2.04. The van der Waals surface area contributed by atoms with Gasteiger partial charge in [-0.1, -0.05) is 17.7 Å². The Bertz CT molecular complexity index is 465. The monoisotopic (exact) mass is 242 g/mol. The number of rotatable bonds is 4. The van der Waals surface area contributed by atoms with Crippen LogP contribution in [0.3, 0.4) is 0 Å². The minimum Gasteiger partial charge on any atom is -0.294 e. The number of amides is 1. The van der Waals surface area contributed by atoms with E-state index >= 15 is 0 Å². The minimum atomic E-state index is -3.40. The van der Waals surface area contributed by atoms with Crippen molar-refractivity contribution in [3.05, 3.63) is 29.8 Å². The summed E-state index contributed by atoms with van der Waals surface area (Å²) in [6, 6.07) is 6.50. The lowest BCUT2D eigenvalue weighted by Crippen LogP contribution is -2.31. The van der Waals surface area contributed by atoms with Crippen LogP contribution in [0.4, 0.5) is 0 Å². The summed E-state index contributed by atoms with van der Waals surface area (Å²) in [6.07, 6.45) is -0.132. The molecule has 5 nitrogen and oxygen atoms in total. The fourth-order valence-electron chi connectivity index (χ4n) is 1.16. The van der Waals surface area contributed by atoms with Gasteiger partial charge in [0.15, 0.2) is 9.84 Å².